The van der Waals surface area contributed by atoms with Crippen molar-refractivity contribution in [2.75, 3.05) is 0 Å². The zero-order valence-electron chi connectivity index (χ0n) is 81.3. The molecule has 0 unspecified atom stereocenters. The van der Waals surface area contributed by atoms with E-state index in [0.717, 1.165) is 140 Å². The van der Waals surface area contributed by atoms with E-state index in [9.17, 15) is 0 Å². The summed E-state index contributed by atoms with van der Waals surface area (Å²) in [5.41, 5.74) is 7.08. The van der Waals surface area contributed by atoms with Gasteiger partial charge in [-0.05, 0) is 301 Å². The first-order valence-corrected chi connectivity index (χ1v) is 48.4. The lowest BCUT2D eigenvalue weighted by atomic mass is 9.56. The van der Waals surface area contributed by atoms with E-state index >= 15 is 0 Å². The smallest absolute Gasteiger partial charge is 0.0251 e. The van der Waals surface area contributed by atoms with E-state index in [1.165, 1.54) is 225 Å². The van der Waals surface area contributed by atoms with Crippen molar-refractivity contribution in [1.29, 1.82) is 0 Å². The fourth-order valence-corrected chi connectivity index (χ4v) is 26.3. The molecule has 10 fully saturated rings. The summed E-state index contributed by atoms with van der Waals surface area (Å²) >= 11 is 0. The van der Waals surface area contributed by atoms with Gasteiger partial charge in [0, 0.05) is 0 Å². The minimum Gasteiger partial charge on any atom is -0.0622 e. The third-order valence-corrected chi connectivity index (χ3v) is 36.9. The lowest BCUT2D eigenvalue weighted by molar-refractivity contribution is 0.0135. The van der Waals surface area contributed by atoms with Crippen LogP contribution in [0.4, 0.5) is 0 Å². The largest absolute Gasteiger partial charge is 0.0622 e. The lowest BCUT2D eigenvalue weighted by Gasteiger charge is -2.49. The molecular weight excluding hydrogens is 1260 g/mol. The first kappa shape index (κ1) is 103. The molecule has 0 aromatic carbocycles. The molecule has 0 amide bonds. The number of rotatable bonds is 20. The molecule has 10 aliphatic rings. The quantitative estimate of drug-likeness (QED) is 0.114. The second-order valence-corrected chi connectivity index (χ2v) is 45.7. The van der Waals surface area contributed by atoms with Gasteiger partial charge in [-0.15, -0.1) is 0 Å². The van der Waals surface area contributed by atoms with Crippen LogP contribution in [0.1, 0.15) is 502 Å². The van der Waals surface area contributed by atoms with Gasteiger partial charge in [0.2, 0.25) is 0 Å². The van der Waals surface area contributed by atoms with Gasteiger partial charge in [0.05, 0.1) is 0 Å². The van der Waals surface area contributed by atoms with Crippen molar-refractivity contribution in [3.63, 3.8) is 0 Å². The van der Waals surface area contributed by atoms with Gasteiger partial charge < -0.3 is 0 Å². The summed E-state index contributed by atoms with van der Waals surface area (Å²) in [6, 6.07) is 0. The predicted molar refractivity (Wildman–Crippen MR) is 483 cm³/mol. The SMILES string of the molecule is CC(C)C1(C(C)C)CC1.CC(C)C1(C(C)C)CCC1.CC(C)C1(C(C)C)CCC1.CC(C)C1(C(C)C)CCC1.CC(C)C1(C(C)C)CCCC1.CC(C)C1(C(C)C)CCCC1.CC(C)C1(C(C)C)CCCC1.CC(C)C1(C(C)C)CCCC1.CC(C)C1(C(C)C)CCCC1.CC(C)C1(C(C)C)CCCC1. The van der Waals surface area contributed by atoms with Crippen molar-refractivity contribution in [2.45, 2.75) is 502 Å². The molecule has 0 spiro atoms. The highest BCUT2D eigenvalue weighted by atomic mass is 14.5. The van der Waals surface area contributed by atoms with Crippen molar-refractivity contribution in [3.8, 4) is 0 Å². The molecule has 105 heavy (non-hydrogen) atoms. The highest BCUT2D eigenvalue weighted by Gasteiger charge is 2.49. The maximum atomic E-state index is 2.39. The molecule has 0 heteroatoms. The highest BCUT2D eigenvalue weighted by molar-refractivity contribution is 4.99. The Kier molecular flexibility index (Phi) is 45.1. The number of hydrogen-bond acceptors (Lipinski definition) is 0. The predicted octanol–water partition coefficient (Wildman–Crippen LogP) is 36.6. The van der Waals surface area contributed by atoms with Gasteiger partial charge in [0.15, 0.2) is 0 Å². The van der Waals surface area contributed by atoms with Crippen molar-refractivity contribution < 1.29 is 0 Å². The maximum Gasteiger partial charge on any atom is -0.0251 e. The third kappa shape index (κ3) is 26.3. The van der Waals surface area contributed by atoms with Crippen LogP contribution in [0.3, 0.4) is 0 Å². The summed E-state index contributed by atoms with van der Waals surface area (Å²) in [5, 5.41) is 0. The van der Waals surface area contributed by atoms with Crippen molar-refractivity contribution in [1.82, 2.24) is 0 Å². The molecule has 10 aliphatic carbocycles. The molecule has 0 aliphatic heterocycles. The highest BCUT2D eigenvalue weighted by Crippen LogP contribution is 2.59. The topological polar surface area (TPSA) is 0 Å². The summed E-state index contributed by atoms with van der Waals surface area (Å²) < 4.78 is 0. The second kappa shape index (κ2) is 45.9. The minimum atomic E-state index is 0.694. The van der Waals surface area contributed by atoms with Crippen LogP contribution < -0.4 is 0 Å². The molecule has 10 rings (SSSR count). The zero-order valence-corrected chi connectivity index (χ0v) is 81.3. The second-order valence-electron chi connectivity index (χ2n) is 45.7. The normalized spacial score (nSPS) is 23.4. The monoisotopic (exact) mass is 1470 g/mol. The standard InChI is InChI=1S/6C11H22.3C10H20.C9H18/c6*1-9(2)11(10(3)4)7-5-6-8-11;3*1-8(2)10(9(3)4)6-5-7-10;1-7(2)9(5-6-9)8(3)4/h6*9-10H,5-8H2,1-4H3;3*8-9H,5-7H2,1-4H3;7-8H,5-6H2,1-4H3. The molecule has 0 radical (unpaired) electrons. The first-order valence-electron chi connectivity index (χ1n) is 48.4. The molecule has 10 saturated carbocycles. The van der Waals surface area contributed by atoms with E-state index in [1.54, 1.807) is 0 Å². The zero-order chi connectivity index (χ0) is 81.3. The van der Waals surface area contributed by atoms with Crippen LogP contribution in [0, 0.1) is 173 Å². The van der Waals surface area contributed by atoms with Gasteiger partial charge in [-0.1, -0.05) is 373 Å². The Morgan fingerprint density at radius 1 is 0.0857 bits per heavy atom. The summed E-state index contributed by atoms with van der Waals surface area (Å²) in [5.74, 6) is 17.7. The molecule has 0 N–H and O–H groups in total. The Morgan fingerprint density at radius 3 is 0.162 bits per heavy atom. The fourth-order valence-electron chi connectivity index (χ4n) is 26.3. The van der Waals surface area contributed by atoms with Crippen LogP contribution in [0.15, 0.2) is 0 Å². The van der Waals surface area contributed by atoms with Crippen molar-refractivity contribution in [3.05, 3.63) is 0 Å². The minimum absolute atomic E-state index is 0.694. The van der Waals surface area contributed by atoms with Gasteiger partial charge in [0.1, 0.15) is 0 Å². The molecule has 0 nitrogen and oxygen atoms in total. The van der Waals surface area contributed by atoms with Crippen molar-refractivity contribution in [2.24, 2.45) is 173 Å². The van der Waals surface area contributed by atoms with Gasteiger partial charge in [-0.2, -0.15) is 0 Å². The van der Waals surface area contributed by atoms with Crippen molar-refractivity contribution >= 4 is 0 Å². The Bertz CT molecular complexity index is 1720. The summed E-state index contributed by atoms with van der Waals surface area (Å²) in [6.07, 6.45) is 51.5. The Morgan fingerprint density at radius 2 is 0.143 bits per heavy atom. The van der Waals surface area contributed by atoms with Crippen LogP contribution in [0.5, 0.6) is 0 Å². The molecule has 0 atom stereocenters. The van der Waals surface area contributed by atoms with E-state index in [4.69, 9.17) is 0 Å². The van der Waals surface area contributed by atoms with Crippen LogP contribution in [0.2, 0.25) is 0 Å². The first-order chi connectivity index (χ1) is 48.4. The molecule has 630 valence electrons. The van der Waals surface area contributed by atoms with Gasteiger partial charge in [0.25, 0.3) is 0 Å². The third-order valence-electron chi connectivity index (χ3n) is 36.9. The average Bonchev–Trinajstić information content (AvgIpc) is 1.74. The Balaban J connectivity index is 0.000000584. The van der Waals surface area contributed by atoms with Crippen LogP contribution in [-0.2, 0) is 0 Å². The Labute approximate surface area is 670 Å². The van der Waals surface area contributed by atoms with E-state index in [1.807, 2.05) is 0 Å². The van der Waals surface area contributed by atoms with Gasteiger partial charge in [-0.3, -0.25) is 0 Å². The van der Waals surface area contributed by atoms with Crippen LogP contribution in [-0.4, -0.2) is 0 Å². The van der Waals surface area contributed by atoms with Gasteiger partial charge in [-0.25, -0.2) is 0 Å². The number of hydrogen-bond donors (Lipinski definition) is 0. The molecule has 0 bridgehead atoms. The summed E-state index contributed by atoms with van der Waals surface area (Å²) in [7, 11) is 0. The van der Waals surface area contributed by atoms with E-state index < -0.39 is 0 Å². The van der Waals surface area contributed by atoms with Gasteiger partial charge >= 0.3 is 0 Å². The Hall–Kier alpha value is 0. The molecule has 0 saturated heterocycles. The van der Waals surface area contributed by atoms with Crippen LogP contribution >= 0.6 is 0 Å². The summed E-state index contributed by atoms with van der Waals surface area (Å²) in [4.78, 5) is 0. The van der Waals surface area contributed by atoms with E-state index in [2.05, 4.69) is 277 Å². The summed E-state index contributed by atoms with van der Waals surface area (Å²) in [6.45, 7) is 95.4. The van der Waals surface area contributed by atoms with E-state index in [-0.39, 0.29) is 0 Å². The fraction of sp³-hybridized carbons (Fsp3) is 1.00. The maximum absolute atomic E-state index is 2.39. The molecule has 0 aromatic heterocycles. The molecular formula is C105H210. The molecule has 0 aromatic rings. The lowest BCUT2D eigenvalue weighted by Crippen LogP contribution is -2.39. The molecule has 0 heterocycles. The van der Waals surface area contributed by atoms with Crippen LogP contribution in [0.25, 0.3) is 0 Å². The van der Waals surface area contributed by atoms with E-state index in [0.29, 0.717) is 32.5 Å². The average molecular weight is 1470 g/mol.